The third kappa shape index (κ3) is 3.76. The highest BCUT2D eigenvalue weighted by Crippen LogP contribution is 1.90. The zero-order valence-electron chi connectivity index (χ0n) is 5.93. The van der Waals surface area contributed by atoms with E-state index in [1.807, 2.05) is 0 Å². The van der Waals surface area contributed by atoms with Crippen molar-refractivity contribution in [3.05, 3.63) is 0 Å². The Morgan fingerprint density at radius 1 is 1.36 bits per heavy atom. The van der Waals surface area contributed by atoms with Gasteiger partial charge in [-0.05, 0) is 0 Å². The highest BCUT2D eigenvalue weighted by Gasteiger charge is 2.11. The fourth-order valence-corrected chi connectivity index (χ4v) is 0.487. The Labute approximate surface area is 63.6 Å². The van der Waals surface area contributed by atoms with Gasteiger partial charge in [0.2, 0.25) is 0 Å². The Bertz CT molecular complexity index is 117. The molecule has 0 aliphatic rings. The molecule has 0 unspecified atom stereocenters. The average molecular weight is 165 g/mol. The van der Waals surface area contributed by atoms with Gasteiger partial charge in [-0.3, -0.25) is 4.90 Å². The van der Waals surface area contributed by atoms with Crippen molar-refractivity contribution in [3.63, 3.8) is 0 Å². The minimum absolute atomic E-state index is 0.0185. The van der Waals surface area contributed by atoms with Crippen LogP contribution in [0.2, 0.25) is 0 Å². The smallest absolute Gasteiger partial charge is 0.413 e. The molecule has 66 valence electrons. The van der Waals surface area contributed by atoms with Crippen LogP contribution in [-0.2, 0) is 4.74 Å². The summed E-state index contributed by atoms with van der Waals surface area (Å²) in [5, 5.41) is 25.0. The Hall–Kier alpha value is -0.850. The van der Waals surface area contributed by atoms with Gasteiger partial charge in [0.15, 0.2) is 6.79 Å². The monoisotopic (exact) mass is 165 g/mol. The van der Waals surface area contributed by atoms with Crippen molar-refractivity contribution >= 4 is 6.09 Å². The van der Waals surface area contributed by atoms with E-state index in [0.717, 1.165) is 4.90 Å². The van der Waals surface area contributed by atoms with Crippen LogP contribution in [0.4, 0.5) is 4.79 Å². The van der Waals surface area contributed by atoms with E-state index in [9.17, 15) is 4.79 Å². The highest BCUT2D eigenvalue weighted by atomic mass is 16.6. The molecule has 0 aliphatic carbocycles. The number of rotatable bonds is 4. The van der Waals surface area contributed by atoms with E-state index in [1.165, 1.54) is 0 Å². The second-order valence-corrected chi connectivity index (χ2v) is 1.67. The Kier molecular flexibility index (Phi) is 5.44. The molecule has 0 rings (SSSR count). The zero-order valence-corrected chi connectivity index (χ0v) is 5.93. The van der Waals surface area contributed by atoms with E-state index in [0.29, 0.717) is 0 Å². The lowest BCUT2D eigenvalue weighted by Gasteiger charge is -2.16. The summed E-state index contributed by atoms with van der Waals surface area (Å²) >= 11 is 0. The van der Waals surface area contributed by atoms with E-state index >= 15 is 0 Å². The molecule has 0 aliphatic heterocycles. The fourth-order valence-electron chi connectivity index (χ4n) is 0.487. The van der Waals surface area contributed by atoms with Crippen LogP contribution in [0.5, 0.6) is 0 Å². The molecule has 0 aromatic heterocycles. The maximum atomic E-state index is 10.6. The van der Waals surface area contributed by atoms with Gasteiger partial charge in [0, 0.05) is 6.54 Å². The van der Waals surface area contributed by atoms with Crippen LogP contribution >= 0.6 is 0 Å². The van der Waals surface area contributed by atoms with Crippen LogP contribution in [0.3, 0.4) is 0 Å². The number of aliphatic hydroxyl groups is 3. The fraction of sp³-hybridized carbons (Fsp3) is 0.800. The number of carbonyl (C=O) groups is 1. The first-order valence-corrected chi connectivity index (χ1v) is 3.00. The molecule has 0 aromatic carbocycles. The van der Waals surface area contributed by atoms with Gasteiger partial charge < -0.3 is 20.1 Å². The third-order valence-electron chi connectivity index (χ3n) is 0.987. The topological polar surface area (TPSA) is 90.2 Å². The molecule has 6 heteroatoms. The quantitative estimate of drug-likeness (QED) is 0.433. The first-order chi connectivity index (χ1) is 5.26. The van der Waals surface area contributed by atoms with Gasteiger partial charge in [0.25, 0.3) is 0 Å². The summed E-state index contributed by atoms with van der Waals surface area (Å²) in [6.07, 6.45) is -0.857. The van der Waals surface area contributed by atoms with Crippen molar-refractivity contribution in [3.8, 4) is 0 Å². The molecule has 0 spiro atoms. The van der Waals surface area contributed by atoms with Gasteiger partial charge in [0.1, 0.15) is 6.73 Å². The van der Waals surface area contributed by atoms with Crippen LogP contribution in [-0.4, -0.2) is 53.0 Å². The number of hydrogen-bond donors (Lipinski definition) is 3. The molecule has 6 nitrogen and oxygen atoms in total. The number of aliphatic hydroxyl groups excluding tert-OH is 3. The number of hydrogen-bond acceptors (Lipinski definition) is 5. The summed E-state index contributed by atoms with van der Waals surface area (Å²) in [7, 11) is 0. The SMILES string of the molecule is O=C(OCO)N(CO)CCO. The molecule has 0 aromatic rings. The molecule has 3 N–H and O–H groups in total. The summed E-state index contributed by atoms with van der Waals surface area (Å²) < 4.78 is 4.12. The summed E-state index contributed by atoms with van der Waals surface area (Å²) in [6.45, 7) is -1.56. The molecular weight excluding hydrogens is 154 g/mol. The Morgan fingerprint density at radius 3 is 2.36 bits per heavy atom. The minimum Gasteiger partial charge on any atom is -0.422 e. The summed E-state index contributed by atoms with van der Waals surface area (Å²) in [5.41, 5.74) is 0. The van der Waals surface area contributed by atoms with Crippen molar-refractivity contribution in [1.82, 2.24) is 4.90 Å². The predicted octanol–water partition coefficient (Wildman–Crippen LogP) is -1.68. The van der Waals surface area contributed by atoms with Crippen LogP contribution in [0, 0.1) is 0 Å². The zero-order chi connectivity index (χ0) is 8.69. The largest absolute Gasteiger partial charge is 0.422 e. The van der Waals surface area contributed by atoms with E-state index in [-0.39, 0.29) is 13.2 Å². The molecule has 0 heterocycles. The van der Waals surface area contributed by atoms with Gasteiger partial charge in [-0.25, -0.2) is 4.79 Å². The molecule has 0 fully saturated rings. The van der Waals surface area contributed by atoms with Crippen LogP contribution in [0.1, 0.15) is 0 Å². The van der Waals surface area contributed by atoms with Gasteiger partial charge >= 0.3 is 6.09 Å². The normalized spacial score (nSPS) is 9.36. The van der Waals surface area contributed by atoms with E-state index in [2.05, 4.69) is 4.74 Å². The molecule has 1 amide bonds. The average Bonchev–Trinajstić information content (AvgIpc) is 2.00. The van der Waals surface area contributed by atoms with E-state index < -0.39 is 19.6 Å². The van der Waals surface area contributed by atoms with Crippen LogP contribution < -0.4 is 0 Å². The molecule has 0 atom stereocenters. The Balaban J connectivity index is 3.71. The van der Waals surface area contributed by atoms with Crippen LogP contribution in [0.15, 0.2) is 0 Å². The Morgan fingerprint density at radius 2 is 2.00 bits per heavy atom. The lowest BCUT2D eigenvalue weighted by Crippen LogP contribution is -2.34. The predicted molar refractivity (Wildman–Crippen MR) is 34.4 cm³/mol. The lowest BCUT2D eigenvalue weighted by molar-refractivity contribution is 0.00261. The maximum Gasteiger partial charge on any atom is 0.413 e. The first-order valence-electron chi connectivity index (χ1n) is 3.00. The minimum atomic E-state index is -0.857. The van der Waals surface area contributed by atoms with Gasteiger partial charge in [-0.1, -0.05) is 0 Å². The molecule has 0 radical (unpaired) electrons. The second kappa shape index (κ2) is 5.90. The van der Waals surface area contributed by atoms with Crippen molar-refractivity contribution in [2.24, 2.45) is 0 Å². The van der Waals surface area contributed by atoms with Crippen molar-refractivity contribution in [2.45, 2.75) is 0 Å². The highest BCUT2D eigenvalue weighted by molar-refractivity contribution is 5.67. The van der Waals surface area contributed by atoms with Crippen LogP contribution in [0.25, 0.3) is 0 Å². The van der Waals surface area contributed by atoms with Gasteiger partial charge in [0.05, 0.1) is 6.61 Å². The van der Waals surface area contributed by atoms with Crippen molar-refractivity contribution in [2.75, 3.05) is 26.7 Å². The summed E-state index contributed by atoms with van der Waals surface area (Å²) in [6, 6.07) is 0. The standard InChI is InChI=1S/C5H11NO5/c7-2-1-6(3-8)5(10)11-4-9/h7-9H,1-4H2. The van der Waals surface area contributed by atoms with Gasteiger partial charge in [-0.2, -0.15) is 0 Å². The molecular formula is C5H11NO5. The third-order valence-corrected chi connectivity index (χ3v) is 0.987. The second-order valence-electron chi connectivity index (χ2n) is 1.67. The van der Waals surface area contributed by atoms with Gasteiger partial charge in [-0.15, -0.1) is 0 Å². The number of carbonyl (C=O) groups excluding carboxylic acids is 1. The molecule has 11 heavy (non-hydrogen) atoms. The number of ether oxygens (including phenoxy) is 1. The van der Waals surface area contributed by atoms with Crippen molar-refractivity contribution in [1.29, 1.82) is 0 Å². The van der Waals surface area contributed by atoms with E-state index in [1.54, 1.807) is 0 Å². The molecule has 0 saturated carbocycles. The first kappa shape index (κ1) is 10.2. The number of nitrogens with zero attached hydrogens (tertiary/aromatic N) is 1. The lowest BCUT2D eigenvalue weighted by atomic mass is 10.6. The molecule has 0 saturated heterocycles. The maximum absolute atomic E-state index is 10.6. The molecule has 0 bridgehead atoms. The van der Waals surface area contributed by atoms with Crippen molar-refractivity contribution < 1.29 is 24.9 Å². The summed E-state index contributed by atoms with van der Waals surface area (Å²) in [4.78, 5) is 11.5. The van der Waals surface area contributed by atoms with E-state index in [4.69, 9.17) is 15.3 Å². The number of amides is 1. The summed E-state index contributed by atoms with van der Waals surface area (Å²) in [5.74, 6) is 0.